The van der Waals surface area contributed by atoms with E-state index in [0.717, 1.165) is 11.4 Å². The van der Waals surface area contributed by atoms with Gasteiger partial charge >= 0.3 is 0 Å². The molecule has 1 aromatic heterocycles. The van der Waals surface area contributed by atoms with E-state index in [0.29, 0.717) is 0 Å². The summed E-state index contributed by atoms with van der Waals surface area (Å²) in [5.41, 5.74) is 1.67. The topological polar surface area (TPSA) is 59.8 Å². The Morgan fingerprint density at radius 3 is 2.73 bits per heavy atom. The summed E-state index contributed by atoms with van der Waals surface area (Å²) in [6.07, 6.45) is 3.21. The molecule has 0 radical (unpaired) electrons. The summed E-state index contributed by atoms with van der Waals surface area (Å²) in [7, 11) is 0. The molecule has 1 aromatic carbocycles. The number of rotatable bonds is 2. The number of carbonyl (C=O) groups is 1. The molecule has 0 unspecified atom stereocenters. The number of benzene rings is 1. The van der Waals surface area contributed by atoms with Crippen molar-refractivity contribution in [3.63, 3.8) is 0 Å². The predicted octanol–water partition coefficient (Wildman–Crippen LogP) is 1.23. The van der Waals surface area contributed by atoms with Gasteiger partial charge in [-0.2, -0.15) is 0 Å². The molecular weight excluding hydrogens is 192 g/mol. The summed E-state index contributed by atoms with van der Waals surface area (Å²) in [6.45, 7) is 1.48. The molecule has 0 aliphatic carbocycles. The van der Waals surface area contributed by atoms with Crippen molar-refractivity contribution in [2.45, 2.75) is 6.92 Å². The van der Waals surface area contributed by atoms with Crippen LogP contribution in [-0.4, -0.2) is 20.7 Å². The highest BCUT2D eigenvalue weighted by atomic mass is 16.1. The largest absolute Gasteiger partial charge is 0.326 e. The smallest absolute Gasteiger partial charge is 0.221 e. The number of hydrogen-bond donors (Lipinski definition) is 1. The fraction of sp³-hybridized carbons (Fsp3) is 0.100. The third-order valence-corrected chi connectivity index (χ3v) is 1.88. The average Bonchev–Trinajstić information content (AvgIpc) is 2.69. The van der Waals surface area contributed by atoms with Gasteiger partial charge in [0.1, 0.15) is 12.7 Å². The number of nitrogens with one attached hydrogen (secondary N) is 1. The van der Waals surface area contributed by atoms with Gasteiger partial charge in [0.15, 0.2) is 0 Å². The van der Waals surface area contributed by atoms with Crippen molar-refractivity contribution in [3.05, 3.63) is 36.9 Å². The van der Waals surface area contributed by atoms with Crippen LogP contribution >= 0.6 is 0 Å². The zero-order valence-corrected chi connectivity index (χ0v) is 8.21. The van der Waals surface area contributed by atoms with E-state index in [-0.39, 0.29) is 5.91 Å². The highest BCUT2D eigenvalue weighted by Gasteiger charge is 1.99. The van der Waals surface area contributed by atoms with Crippen molar-refractivity contribution in [1.82, 2.24) is 14.8 Å². The van der Waals surface area contributed by atoms with Crippen molar-refractivity contribution in [2.75, 3.05) is 5.32 Å². The molecule has 0 aliphatic rings. The molecule has 5 nitrogen and oxygen atoms in total. The van der Waals surface area contributed by atoms with Crippen molar-refractivity contribution >= 4 is 11.6 Å². The SMILES string of the molecule is CC(=O)Nc1cccc(-n2cnnc2)c1. The van der Waals surface area contributed by atoms with Crippen molar-refractivity contribution in [2.24, 2.45) is 0 Å². The Morgan fingerprint density at radius 2 is 2.07 bits per heavy atom. The number of hydrogen-bond acceptors (Lipinski definition) is 3. The Kier molecular flexibility index (Phi) is 2.45. The predicted molar refractivity (Wildman–Crippen MR) is 55.7 cm³/mol. The van der Waals surface area contributed by atoms with Crippen LogP contribution in [0.4, 0.5) is 5.69 Å². The fourth-order valence-corrected chi connectivity index (χ4v) is 1.28. The van der Waals surface area contributed by atoms with Crippen LogP contribution < -0.4 is 5.32 Å². The second-order valence-electron chi connectivity index (χ2n) is 3.10. The molecule has 0 saturated carbocycles. The van der Waals surface area contributed by atoms with Crippen molar-refractivity contribution in [1.29, 1.82) is 0 Å². The summed E-state index contributed by atoms with van der Waals surface area (Å²) >= 11 is 0. The van der Waals surface area contributed by atoms with Crippen molar-refractivity contribution < 1.29 is 4.79 Å². The lowest BCUT2D eigenvalue weighted by molar-refractivity contribution is -0.114. The molecule has 0 aliphatic heterocycles. The van der Waals surface area contributed by atoms with E-state index in [4.69, 9.17) is 0 Å². The molecule has 0 spiro atoms. The van der Waals surface area contributed by atoms with Gasteiger partial charge in [-0.1, -0.05) is 6.07 Å². The number of nitrogens with zero attached hydrogens (tertiary/aromatic N) is 3. The second kappa shape index (κ2) is 3.91. The normalized spacial score (nSPS) is 9.93. The zero-order chi connectivity index (χ0) is 10.7. The summed E-state index contributed by atoms with van der Waals surface area (Å²) in [6, 6.07) is 7.45. The Hall–Kier alpha value is -2.17. The summed E-state index contributed by atoms with van der Waals surface area (Å²) in [4.78, 5) is 10.9. The minimum Gasteiger partial charge on any atom is -0.326 e. The van der Waals surface area contributed by atoms with Crippen LogP contribution in [0.3, 0.4) is 0 Å². The molecule has 5 heteroatoms. The van der Waals surface area contributed by atoms with Crippen LogP contribution in [0.25, 0.3) is 5.69 Å². The molecule has 1 N–H and O–H groups in total. The van der Waals surface area contributed by atoms with Crippen molar-refractivity contribution in [3.8, 4) is 5.69 Å². The first-order valence-electron chi connectivity index (χ1n) is 4.48. The molecule has 15 heavy (non-hydrogen) atoms. The summed E-state index contributed by atoms with van der Waals surface area (Å²) in [5.74, 6) is -0.0871. The maximum Gasteiger partial charge on any atom is 0.221 e. The van der Waals surface area contributed by atoms with E-state index in [9.17, 15) is 4.79 Å². The van der Waals surface area contributed by atoms with Crippen LogP contribution in [0.15, 0.2) is 36.9 Å². The Morgan fingerprint density at radius 1 is 1.33 bits per heavy atom. The Bertz CT molecular complexity index is 464. The monoisotopic (exact) mass is 202 g/mol. The molecule has 1 heterocycles. The molecule has 0 atom stereocenters. The van der Waals surface area contributed by atoms with Gasteiger partial charge in [0.2, 0.25) is 5.91 Å². The molecule has 0 fully saturated rings. The Balaban J connectivity index is 2.31. The number of amides is 1. The van der Waals surface area contributed by atoms with Gasteiger partial charge in [0, 0.05) is 12.6 Å². The van der Waals surface area contributed by atoms with Gasteiger partial charge in [0.05, 0.1) is 5.69 Å². The molecule has 2 rings (SSSR count). The van der Waals surface area contributed by atoms with E-state index < -0.39 is 0 Å². The van der Waals surface area contributed by atoms with Crippen LogP contribution in [0.2, 0.25) is 0 Å². The lowest BCUT2D eigenvalue weighted by Gasteiger charge is -2.05. The second-order valence-corrected chi connectivity index (χ2v) is 3.10. The van der Waals surface area contributed by atoms with Gasteiger partial charge in [-0.05, 0) is 18.2 Å². The van der Waals surface area contributed by atoms with Gasteiger partial charge in [-0.25, -0.2) is 0 Å². The average molecular weight is 202 g/mol. The minimum absolute atomic E-state index is 0.0871. The fourth-order valence-electron chi connectivity index (χ4n) is 1.28. The molecule has 0 bridgehead atoms. The summed E-state index contributed by atoms with van der Waals surface area (Å²) < 4.78 is 1.77. The van der Waals surface area contributed by atoms with Gasteiger partial charge < -0.3 is 5.32 Å². The van der Waals surface area contributed by atoms with E-state index in [1.807, 2.05) is 24.3 Å². The van der Waals surface area contributed by atoms with E-state index in [1.165, 1.54) is 6.92 Å². The van der Waals surface area contributed by atoms with Gasteiger partial charge in [0.25, 0.3) is 0 Å². The summed E-state index contributed by atoms with van der Waals surface area (Å²) in [5, 5.41) is 10.1. The maximum atomic E-state index is 10.9. The highest BCUT2D eigenvalue weighted by Crippen LogP contribution is 2.13. The third-order valence-electron chi connectivity index (χ3n) is 1.88. The number of carbonyl (C=O) groups excluding carboxylic acids is 1. The lowest BCUT2D eigenvalue weighted by Crippen LogP contribution is -2.06. The van der Waals surface area contributed by atoms with Crippen LogP contribution in [0.1, 0.15) is 6.92 Å². The van der Waals surface area contributed by atoms with E-state index in [2.05, 4.69) is 15.5 Å². The van der Waals surface area contributed by atoms with Crippen LogP contribution in [0, 0.1) is 0 Å². The first-order chi connectivity index (χ1) is 7.25. The van der Waals surface area contributed by atoms with E-state index >= 15 is 0 Å². The first-order valence-corrected chi connectivity index (χ1v) is 4.48. The van der Waals surface area contributed by atoms with Gasteiger partial charge in [-0.3, -0.25) is 9.36 Å². The molecule has 1 amide bonds. The third kappa shape index (κ3) is 2.19. The number of anilines is 1. The highest BCUT2D eigenvalue weighted by molar-refractivity contribution is 5.88. The van der Waals surface area contributed by atoms with E-state index in [1.54, 1.807) is 17.2 Å². The molecular formula is C10H10N4O. The van der Waals surface area contributed by atoms with Crippen LogP contribution in [-0.2, 0) is 4.79 Å². The zero-order valence-electron chi connectivity index (χ0n) is 8.21. The standard InChI is InChI=1S/C10H10N4O/c1-8(15)13-9-3-2-4-10(5-9)14-6-11-12-7-14/h2-7H,1H3,(H,13,15). The quantitative estimate of drug-likeness (QED) is 0.796. The first kappa shape index (κ1) is 9.39. The molecule has 0 saturated heterocycles. The molecule has 2 aromatic rings. The van der Waals surface area contributed by atoms with Crippen LogP contribution in [0.5, 0.6) is 0 Å². The maximum absolute atomic E-state index is 10.9. The van der Waals surface area contributed by atoms with Gasteiger partial charge in [-0.15, -0.1) is 10.2 Å². The lowest BCUT2D eigenvalue weighted by atomic mass is 10.2. The Labute approximate surface area is 86.8 Å². The number of aromatic nitrogens is 3. The molecule has 76 valence electrons. The minimum atomic E-state index is -0.0871.